The molecule has 4 nitrogen and oxygen atoms in total. The normalized spacial score (nSPS) is 11.6. The lowest BCUT2D eigenvalue weighted by atomic mass is 10.1. The number of carbonyl (C=O) groups excluding carboxylic acids is 1. The molecule has 0 spiro atoms. The van der Waals surface area contributed by atoms with Crippen molar-refractivity contribution < 1.29 is 18.0 Å². The van der Waals surface area contributed by atoms with Crippen LogP contribution in [0.2, 0.25) is 5.02 Å². The fraction of sp³-hybridized carbons (Fsp3) is 0.462. The van der Waals surface area contributed by atoms with Gasteiger partial charge < -0.3 is 15.5 Å². The number of carbonyl (C=O) groups is 1. The first-order valence-electron chi connectivity index (χ1n) is 6.22. The number of halogens is 4. The minimum Gasteiger partial charge on any atom is -0.376 e. The van der Waals surface area contributed by atoms with Crippen LogP contribution in [-0.2, 0) is 11.0 Å². The SMILES string of the molecule is CN(C)CCNC(=O)CNc1ccc(Cl)cc1C(F)(F)F. The second-order valence-electron chi connectivity index (χ2n) is 4.69. The molecule has 0 aliphatic heterocycles. The molecule has 1 aromatic carbocycles. The van der Waals surface area contributed by atoms with Gasteiger partial charge in [-0.15, -0.1) is 0 Å². The first-order chi connectivity index (χ1) is 9.70. The number of hydrogen-bond acceptors (Lipinski definition) is 3. The summed E-state index contributed by atoms with van der Waals surface area (Å²) in [6.45, 7) is 0.846. The van der Waals surface area contributed by atoms with Gasteiger partial charge in [-0.05, 0) is 32.3 Å². The molecule has 0 aromatic heterocycles. The van der Waals surface area contributed by atoms with Gasteiger partial charge in [0.1, 0.15) is 0 Å². The van der Waals surface area contributed by atoms with Crippen LogP contribution in [0.1, 0.15) is 5.56 Å². The smallest absolute Gasteiger partial charge is 0.376 e. The summed E-state index contributed by atoms with van der Waals surface area (Å²) in [7, 11) is 3.71. The van der Waals surface area contributed by atoms with E-state index in [0.717, 1.165) is 6.07 Å². The lowest BCUT2D eigenvalue weighted by Gasteiger charge is -2.15. The van der Waals surface area contributed by atoms with Crippen molar-refractivity contribution >= 4 is 23.2 Å². The number of nitrogens with zero attached hydrogens (tertiary/aromatic N) is 1. The van der Waals surface area contributed by atoms with E-state index in [9.17, 15) is 18.0 Å². The lowest BCUT2D eigenvalue weighted by Crippen LogP contribution is -2.35. The predicted molar refractivity (Wildman–Crippen MR) is 76.5 cm³/mol. The van der Waals surface area contributed by atoms with Crippen molar-refractivity contribution in [2.24, 2.45) is 0 Å². The maximum absolute atomic E-state index is 12.8. The van der Waals surface area contributed by atoms with Crippen molar-refractivity contribution in [3.05, 3.63) is 28.8 Å². The van der Waals surface area contributed by atoms with Crippen molar-refractivity contribution in [3.8, 4) is 0 Å². The zero-order valence-corrected chi connectivity index (χ0v) is 12.5. The molecule has 0 aliphatic carbocycles. The van der Waals surface area contributed by atoms with Gasteiger partial charge in [0, 0.05) is 23.8 Å². The molecule has 1 aromatic rings. The molecule has 0 aliphatic rings. The largest absolute Gasteiger partial charge is 0.418 e. The van der Waals surface area contributed by atoms with Gasteiger partial charge in [0.15, 0.2) is 0 Å². The predicted octanol–water partition coefficient (Wildman–Crippen LogP) is 2.45. The molecular formula is C13H17ClF3N3O. The van der Waals surface area contributed by atoms with Gasteiger partial charge in [-0.1, -0.05) is 11.6 Å². The Bertz CT molecular complexity index is 492. The molecule has 0 fully saturated rings. The molecule has 0 radical (unpaired) electrons. The summed E-state index contributed by atoms with van der Waals surface area (Å²) in [5.74, 6) is -0.375. The molecular weight excluding hydrogens is 307 g/mol. The van der Waals surface area contributed by atoms with Gasteiger partial charge in [-0.3, -0.25) is 4.79 Å². The van der Waals surface area contributed by atoms with Crippen LogP contribution in [-0.4, -0.2) is 44.5 Å². The minimum atomic E-state index is -4.53. The van der Waals surface area contributed by atoms with E-state index in [1.165, 1.54) is 12.1 Å². The highest BCUT2D eigenvalue weighted by Gasteiger charge is 2.33. The van der Waals surface area contributed by atoms with Crippen LogP contribution < -0.4 is 10.6 Å². The van der Waals surface area contributed by atoms with Crippen LogP contribution in [0.4, 0.5) is 18.9 Å². The van der Waals surface area contributed by atoms with E-state index in [-0.39, 0.29) is 23.2 Å². The van der Waals surface area contributed by atoms with Crippen molar-refractivity contribution in [3.63, 3.8) is 0 Å². The van der Waals surface area contributed by atoms with Gasteiger partial charge >= 0.3 is 6.18 Å². The summed E-state index contributed by atoms with van der Waals surface area (Å²) in [5, 5.41) is 5.07. The minimum absolute atomic E-state index is 0.0108. The van der Waals surface area contributed by atoms with Crippen LogP contribution in [0.5, 0.6) is 0 Å². The van der Waals surface area contributed by atoms with Crippen molar-refractivity contribution in [2.45, 2.75) is 6.18 Å². The summed E-state index contributed by atoms with van der Waals surface area (Å²) in [6.07, 6.45) is -4.53. The maximum atomic E-state index is 12.8. The second-order valence-corrected chi connectivity index (χ2v) is 5.13. The summed E-state index contributed by atoms with van der Waals surface area (Å²) in [5.41, 5.74) is -1.06. The number of benzene rings is 1. The number of hydrogen-bond donors (Lipinski definition) is 2. The van der Waals surface area contributed by atoms with E-state index in [1.54, 1.807) is 0 Å². The molecule has 0 atom stereocenters. The molecule has 1 rings (SSSR count). The standard InChI is InChI=1S/C13H17ClF3N3O/c1-20(2)6-5-18-12(21)8-19-11-4-3-9(14)7-10(11)13(15,16)17/h3-4,7,19H,5-6,8H2,1-2H3,(H,18,21). The molecule has 21 heavy (non-hydrogen) atoms. The third kappa shape index (κ3) is 6.22. The number of rotatable bonds is 6. The summed E-state index contributed by atoms with van der Waals surface area (Å²) >= 11 is 5.57. The topological polar surface area (TPSA) is 44.4 Å². The highest BCUT2D eigenvalue weighted by atomic mass is 35.5. The van der Waals surface area contributed by atoms with Crippen LogP contribution >= 0.6 is 11.6 Å². The Labute approximate surface area is 126 Å². The molecule has 2 N–H and O–H groups in total. The fourth-order valence-corrected chi connectivity index (χ4v) is 1.73. The Morgan fingerprint density at radius 2 is 2.00 bits per heavy atom. The van der Waals surface area contributed by atoms with Gasteiger partial charge in [0.05, 0.1) is 12.1 Å². The Morgan fingerprint density at radius 3 is 2.57 bits per heavy atom. The van der Waals surface area contributed by atoms with Gasteiger partial charge in [0.25, 0.3) is 0 Å². The summed E-state index contributed by atoms with van der Waals surface area (Å²) in [6, 6.07) is 3.37. The highest BCUT2D eigenvalue weighted by Crippen LogP contribution is 2.36. The monoisotopic (exact) mass is 323 g/mol. The molecule has 0 unspecified atom stereocenters. The zero-order valence-electron chi connectivity index (χ0n) is 11.7. The van der Waals surface area contributed by atoms with Gasteiger partial charge in [-0.2, -0.15) is 13.2 Å². The Balaban J connectivity index is 2.61. The maximum Gasteiger partial charge on any atom is 0.418 e. The molecule has 8 heteroatoms. The van der Waals surface area contributed by atoms with Gasteiger partial charge in [0.2, 0.25) is 5.91 Å². The third-order valence-corrected chi connectivity index (χ3v) is 2.84. The van der Waals surface area contributed by atoms with Crippen molar-refractivity contribution in [1.82, 2.24) is 10.2 Å². The average Bonchev–Trinajstić information content (AvgIpc) is 2.35. The van der Waals surface area contributed by atoms with Crippen molar-refractivity contribution in [2.75, 3.05) is 39.0 Å². The molecule has 1 amide bonds. The van der Waals surface area contributed by atoms with E-state index in [2.05, 4.69) is 10.6 Å². The molecule has 0 saturated carbocycles. The second kappa shape index (κ2) is 7.51. The summed E-state index contributed by atoms with van der Waals surface area (Å²) < 4.78 is 38.5. The highest BCUT2D eigenvalue weighted by molar-refractivity contribution is 6.30. The van der Waals surface area contributed by atoms with E-state index < -0.39 is 11.7 Å². The number of likely N-dealkylation sites (N-methyl/N-ethyl adjacent to an activating group) is 1. The van der Waals surface area contributed by atoms with Crippen LogP contribution in [0, 0.1) is 0 Å². The fourth-order valence-electron chi connectivity index (χ4n) is 1.56. The quantitative estimate of drug-likeness (QED) is 0.845. The van der Waals surface area contributed by atoms with E-state index in [0.29, 0.717) is 13.1 Å². The Morgan fingerprint density at radius 1 is 1.33 bits per heavy atom. The number of anilines is 1. The Hall–Kier alpha value is -1.47. The van der Waals surface area contributed by atoms with Crippen LogP contribution in [0.25, 0.3) is 0 Å². The number of alkyl halides is 3. The van der Waals surface area contributed by atoms with Gasteiger partial charge in [-0.25, -0.2) is 0 Å². The molecule has 0 heterocycles. The average molecular weight is 324 g/mol. The number of amides is 1. The third-order valence-electron chi connectivity index (χ3n) is 2.61. The van der Waals surface area contributed by atoms with E-state index in [1.807, 2.05) is 19.0 Å². The molecule has 118 valence electrons. The van der Waals surface area contributed by atoms with E-state index in [4.69, 9.17) is 11.6 Å². The number of nitrogens with one attached hydrogen (secondary N) is 2. The summed E-state index contributed by atoms with van der Waals surface area (Å²) in [4.78, 5) is 13.4. The molecule has 0 bridgehead atoms. The first-order valence-corrected chi connectivity index (χ1v) is 6.60. The Kier molecular flexibility index (Phi) is 6.29. The zero-order chi connectivity index (χ0) is 16.0. The van der Waals surface area contributed by atoms with Crippen molar-refractivity contribution in [1.29, 1.82) is 0 Å². The van der Waals surface area contributed by atoms with Crippen LogP contribution in [0.3, 0.4) is 0 Å². The lowest BCUT2D eigenvalue weighted by molar-refractivity contribution is -0.137. The van der Waals surface area contributed by atoms with Crippen LogP contribution in [0.15, 0.2) is 18.2 Å². The first kappa shape index (κ1) is 17.6. The van der Waals surface area contributed by atoms with E-state index >= 15 is 0 Å². The molecule has 0 saturated heterocycles.